The zero-order valence-corrected chi connectivity index (χ0v) is 11.7. The van der Waals surface area contributed by atoms with Crippen molar-refractivity contribution in [2.75, 3.05) is 0 Å². The molecular weight excluding hydrogens is 296 g/mol. The highest BCUT2D eigenvalue weighted by Gasteiger charge is 2.21. The number of aromatic amines is 1. The van der Waals surface area contributed by atoms with Crippen LogP contribution in [0.4, 0.5) is 0 Å². The van der Waals surface area contributed by atoms with Gasteiger partial charge in [-0.1, -0.05) is 28.1 Å². The van der Waals surface area contributed by atoms with Crippen LogP contribution in [-0.2, 0) is 5.60 Å². The van der Waals surface area contributed by atoms with Gasteiger partial charge in [-0.2, -0.15) is 5.10 Å². The lowest BCUT2D eigenvalue weighted by atomic mass is 9.98. The van der Waals surface area contributed by atoms with Gasteiger partial charge in [0.25, 0.3) is 5.56 Å². The highest BCUT2D eigenvalue weighted by Crippen LogP contribution is 2.22. The molecule has 0 aliphatic rings. The average molecular weight is 309 g/mol. The van der Waals surface area contributed by atoms with E-state index >= 15 is 0 Å². The molecule has 0 amide bonds. The van der Waals surface area contributed by atoms with Gasteiger partial charge in [0, 0.05) is 10.0 Å². The summed E-state index contributed by atoms with van der Waals surface area (Å²) in [5, 5.41) is 16.3. The van der Waals surface area contributed by atoms with Gasteiger partial charge in [0.05, 0.1) is 16.9 Å². The van der Waals surface area contributed by atoms with E-state index in [1.165, 1.54) is 0 Å². The van der Waals surface area contributed by atoms with Crippen molar-refractivity contribution in [2.45, 2.75) is 19.4 Å². The number of halogens is 1. The van der Waals surface area contributed by atoms with Crippen molar-refractivity contribution in [1.29, 1.82) is 0 Å². The molecule has 0 unspecified atom stereocenters. The van der Waals surface area contributed by atoms with Crippen LogP contribution in [0.1, 0.15) is 19.4 Å². The summed E-state index contributed by atoms with van der Waals surface area (Å²) in [7, 11) is 0. The first-order valence-electron chi connectivity index (χ1n) is 5.46. The van der Waals surface area contributed by atoms with Gasteiger partial charge in [0.1, 0.15) is 0 Å². The Balaban J connectivity index is 2.54. The summed E-state index contributed by atoms with van der Waals surface area (Å²) in [6.07, 6.45) is 0. The van der Waals surface area contributed by atoms with Crippen molar-refractivity contribution in [3.05, 3.63) is 50.7 Å². The molecule has 2 aromatic rings. The molecule has 1 aromatic heterocycles. The number of aliphatic hydroxyl groups is 1. The highest BCUT2D eigenvalue weighted by atomic mass is 79.9. The predicted octanol–water partition coefficient (Wildman–Crippen LogP) is 2.43. The Bertz CT molecular complexity index is 612. The average Bonchev–Trinajstić information content (AvgIpc) is 2.29. The molecule has 0 radical (unpaired) electrons. The summed E-state index contributed by atoms with van der Waals surface area (Å²) in [6, 6.07) is 9.18. The van der Waals surface area contributed by atoms with Crippen LogP contribution in [0.2, 0.25) is 0 Å². The molecule has 0 aliphatic heterocycles. The van der Waals surface area contributed by atoms with E-state index in [0.29, 0.717) is 11.3 Å². The van der Waals surface area contributed by atoms with Crippen LogP contribution in [0.15, 0.2) is 39.6 Å². The SMILES string of the molecule is CC(C)(O)c1cc(-c2ccc(Br)cc2)n[nH]c1=O. The number of hydrogen-bond donors (Lipinski definition) is 2. The molecule has 0 fully saturated rings. The van der Waals surface area contributed by atoms with Gasteiger partial charge in [-0.05, 0) is 32.0 Å². The van der Waals surface area contributed by atoms with E-state index < -0.39 is 5.60 Å². The molecule has 0 spiro atoms. The van der Waals surface area contributed by atoms with Crippen LogP contribution in [0, 0.1) is 0 Å². The number of nitrogens with one attached hydrogen (secondary N) is 1. The van der Waals surface area contributed by atoms with E-state index in [9.17, 15) is 9.90 Å². The molecule has 0 atom stereocenters. The first-order valence-corrected chi connectivity index (χ1v) is 6.26. The quantitative estimate of drug-likeness (QED) is 0.895. The number of rotatable bonds is 2. The Kier molecular flexibility index (Phi) is 3.36. The molecule has 1 aromatic carbocycles. The first-order chi connectivity index (χ1) is 8.38. The monoisotopic (exact) mass is 308 g/mol. The second-order valence-corrected chi connectivity index (χ2v) is 5.48. The van der Waals surface area contributed by atoms with Gasteiger partial charge in [-0.25, -0.2) is 5.10 Å². The molecule has 94 valence electrons. The minimum absolute atomic E-state index is 0.301. The van der Waals surface area contributed by atoms with E-state index in [-0.39, 0.29) is 5.56 Å². The Morgan fingerprint density at radius 2 is 1.89 bits per heavy atom. The summed E-state index contributed by atoms with van der Waals surface area (Å²) >= 11 is 3.36. The Hall–Kier alpha value is -1.46. The van der Waals surface area contributed by atoms with E-state index in [2.05, 4.69) is 26.1 Å². The topological polar surface area (TPSA) is 66.0 Å². The summed E-state index contributed by atoms with van der Waals surface area (Å²) in [4.78, 5) is 11.6. The predicted molar refractivity (Wildman–Crippen MR) is 73.2 cm³/mol. The van der Waals surface area contributed by atoms with Gasteiger partial charge in [-0.3, -0.25) is 4.79 Å². The number of H-pyrrole nitrogens is 1. The maximum atomic E-state index is 11.6. The fraction of sp³-hybridized carbons (Fsp3) is 0.231. The zero-order valence-electron chi connectivity index (χ0n) is 10.1. The molecule has 0 bridgehead atoms. The Morgan fingerprint density at radius 1 is 1.28 bits per heavy atom. The van der Waals surface area contributed by atoms with Gasteiger partial charge in [0.15, 0.2) is 0 Å². The van der Waals surface area contributed by atoms with Gasteiger partial charge < -0.3 is 5.11 Å². The van der Waals surface area contributed by atoms with Gasteiger partial charge >= 0.3 is 0 Å². The minimum atomic E-state index is -1.19. The van der Waals surface area contributed by atoms with Crippen molar-refractivity contribution >= 4 is 15.9 Å². The summed E-state index contributed by atoms with van der Waals surface area (Å²) < 4.78 is 0.971. The third kappa shape index (κ3) is 2.68. The van der Waals surface area contributed by atoms with E-state index in [1.807, 2.05) is 24.3 Å². The third-order valence-electron chi connectivity index (χ3n) is 2.60. The lowest BCUT2D eigenvalue weighted by molar-refractivity contribution is 0.0769. The molecule has 2 rings (SSSR count). The van der Waals surface area contributed by atoms with Crippen molar-refractivity contribution in [1.82, 2.24) is 10.2 Å². The van der Waals surface area contributed by atoms with Crippen molar-refractivity contribution < 1.29 is 5.11 Å². The van der Waals surface area contributed by atoms with Crippen LogP contribution in [0.5, 0.6) is 0 Å². The molecule has 0 saturated carbocycles. The van der Waals surface area contributed by atoms with Gasteiger partial charge in [0.2, 0.25) is 0 Å². The summed E-state index contributed by atoms with van der Waals surface area (Å²) in [5.74, 6) is 0. The molecule has 0 aliphatic carbocycles. The standard InChI is InChI=1S/C13H13BrN2O2/c1-13(2,18)10-7-11(15-16-12(10)17)8-3-5-9(14)6-4-8/h3-7,18H,1-2H3,(H,16,17). The Morgan fingerprint density at radius 3 is 2.44 bits per heavy atom. The fourth-order valence-corrected chi connectivity index (χ4v) is 1.89. The van der Waals surface area contributed by atoms with E-state index in [0.717, 1.165) is 10.0 Å². The molecular formula is C13H13BrN2O2. The number of hydrogen-bond acceptors (Lipinski definition) is 3. The van der Waals surface area contributed by atoms with Crippen LogP contribution >= 0.6 is 15.9 Å². The van der Waals surface area contributed by atoms with Crippen molar-refractivity contribution in [3.8, 4) is 11.3 Å². The summed E-state index contributed by atoms with van der Waals surface area (Å²) in [6.45, 7) is 3.14. The van der Waals surface area contributed by atoms with Crippen LogP contribution in [0.3, 0.4) is 0 Å². The maximum absolute atomic E-state index is 11.6. The van der Waals surface area contributed by atoms with Crippen LogP contribution in [0.25, 0.3) is 11.3 Å². The fourth-order valence-electron chi connectivity index (χ4n) is 1.63. The molecule has 18 heavy (non-hydrogen) atoms. The second kappa shape index (κ2) is 4.66. The van der Waals surface area contributed by atoms with E-state index in [1.54, 1.807) is 19.9 Å². The number of aromatic nitrogens is 2. The lowest BCUT2D eigenvalue weighted by Crippen LogP contribution is -2.27. The number of benzene rings is 1. The molecule has 5 heteroatoms. The molecule has 2 N–H and O–H groups in total. The molecule has 4 nitrogen and oxygen atoms in total. The highest BCUT2D eigenvalue weighted by molar-refractivity contribution is 9.10. The maximum Gasteiger partial charge on any atom is 0.270 e. The van der Waals surface area contributed by atoms with Crippen LogP contribution in [-0.4, -0.2) is 15.3 Å². The smallest absolute Gasteiger partial charge is 0.270 e. The number of nitrogens with zero attached hydrogens (tertiary/aromatic N) is 1. The van der Waals surface area contributed by atoms with E-state index in [4.69, 9.17) is 0 Å². The Labute approximate surface area is 113 Å². The minimum Gasteiger partial charge on any atom is -0.386 e. The molecule has 1 heterocycles. The lowest BCUT2D eigenvalue weighted by Gasteiger charge is -2.16. The van der Waals surface area contributed by atoms with Crippen LogP contribution < -0.4 is 5.56 Å². The zero-order chi connectivity index (χ0) is 13.3. The van der Waals surface area contributed by atoms with Crippen molar-refractivity contribution in [2.24, 2.45) is 0 Å². The van der Waals surface area contributed by atoms with Gasteiger partial charge in [-0.15, -0.1) is 0 Å². The van der Waals surface area contributed by atoms with Crippen molar-refractivity contribution in [3.63, 3.8) is 0 Å². The molecule has 0 saturated heterocycles. The largest absolute Gasteiger partial charge is 0.386 e. The summed E-state index contributed by atoms with van der Waals surface area (Å²) in [5.41, 5.74) is 0.235. The normalized spacial score (nSPS) is 11.6. The second-order valence-electron chi connectivity index (χ2n) is 4.56. The first kappa shape index (κ1) is 13.0. The third-order valence-corrected chi connectivity index (χ3v) is 3.13.